The second kappa shape index (κ2) is 8.55. The molecule has 7 heteroatoms. The molecular formula is C23H21ClN4O2. The normalized spacial score (nSPS) is 10.9. The van der Waals surface area contributed by atoms with Gasteiger partial charge in [0, 0.05) is 12.7 Å². The minimum atomic E-state index is -0.267. The maximum Gasteiger partial charge on any atom is 0.254 e. The van der Waals surface area contributed by atoms with Gasteiger partial charge in [0.25, 0.3) is 5.91 Å². The molecule has 2 heterocycles. The highest BCUT2D eigenvalue weighted by atomic mass is 35.5. The van der Waals surface area contributed by atoms with Gasteiger partial charge in [-0.05, 0) is 37.1 Å². The number of methoxy groups -OCH3 is 1. The molecule has 0 spiro atoms. The molecule has 0 aliphatic rings. The van der Waals surface area contributed by atoms with Crippen LogP contribution in [0.25, 0.3) is 16.7 Å². The van der Waals surface area contributed by atoms with Crippen LogP contribution in [0.2, 0.25) is 5.02 Å². The highest BCUT2D eigenvalue weighted by Crippen LogP contribution is 2.30. The van der Waals surface area contributed by atoms with E-state index in [2.05, 4.69) is 15.4 Å². The van der Waals surface area contributed by atoms with Crippen molar-refractivity contribution in [2.45, 2.75) is 13.3 Å². The molecule has 0 aliphatic carbocycles. The first-order chi connectivity index (χ1) is 14.6. The van der Waals surface area contributed by atoms with Gasteiger partial charge in [-0.3, -0.25) is 4.79 Å². The Morgan fingerprint density at radius 1 is 1.13 bits per heavy atom. The van der Waals surface area contributed by atoms with Crippen LogP contribution in [-0.4, -0.2) is 34.3 Å². The van der Waals surface area contributed by atoms with Crippen molar-refractivity contribution in [1.82, 2.24) is 20.1 Å². The van der Waals surface area contributed by atoms with Gasteiger partial charge < -0.3 is 10.1 Å². The summed E-state index contributed by atoms with van der Waals surface area (Å²) in [5.41, 5.74) is 3.58. The minimum absolute atomic E-state index is 0.267. The monoisotopic (exact) mass is 420 g/mol. The van der Waals surface area contributed by atoms with Gasteiger partial charge >= 0.3 is 0 Å². The van der Waals surface area contributed by atoms with E-state index in [1.165, 1.54) is 6.20 Å². The van der Waals surface area contributed by atoms with E-state index in [9.17, 15) is 4.79 Å². The van der Waals surface area contributed by atoms with Crippen LogP contribution in [0.3, 0.4) is 0 Å². The first-order valence-corrected chi connectivity index (χ1v) is 9.97. The third-order valence-corrected chi connectivity index (χ3v) is 5.32. The fourth-order valence-electron chi connectivity index (χ4n) is 3.43. The van der Waals surface area contributed by atoms with E-state index in [0.717, 1.165) is 22.7 Å². The number of nitrogens with zero attached hydrogens (tertiary/aromatic N) is 3. The van der Waals surface area contributed by atoms with E-state index < -0.39 is 0 Å². The Balaban J connectivity index is 1.56. The number of amides is 1. The van der Waals surface area contributed by atoms with E-state index >= 15 is 0 Å². The molecule has 0 aliphatic heterocycles. The van der Waals surface area contributed by atoms with Crippen LogP contribution in [0.1, 0.15) is 21.6 Å². The standard InChI is InChI=1S/C23H21ClN4O2/c1-15-20-21(24)18(14-26-22(20)28(27-15)17-9-4-3-5-10-17)23(29)25-13-12-16-8-6-7-11-19(16)30-2/h3-11,14H,12-13H2,1-2H3,(H,25,29). The summed E-state index contributed by atoms with van der Waals surface area (Å²) in [6, 6.07) is 17.4. The second-order valence-corrected chi connectivity index (χ2v) is 7.21. The summed E-state index contributed by atoms with van der Waals surface area (Å²) in [7, 11) is 1.63. The number of rotatable bonds is 6. The molecule has 0 atom stereocenters. The molecule has 4 rings (SSSR count). The summed E-state index contributed by atoms with van der Waals surface area (Å²) in [5.74, 6) is 0.535. The lowest BCUT2D eigenvalue weighted by Crippen LogP contribution is -2.26. The highest BCUT2D eigenvalue weighted by molar-refractivity contribution is 6.38. The Bertz CT molecular complexity index is 1200. The second-order valence-electron chi connectivity index (χ2n) is 6.83. The molecule has 0 bridgehead atoms. The maximum absolute atomic E-state index is 12.7. The number of halogens is 1. The molecule has 30 heavy (non-hydrogen) atoms. The number of carbonyl (C=O) groups excluding carboxylic acids is 1. The zero-order valence-corrected chi connectivity index (χ0v) is 17.5. The summed E-state index contributed by atoms with van der Waals surface area (Å²) < 4.78 is 7.09. The van der Waals surface area contributed by atoms with E-state index in [-0.39, 0.29) is 5.91 Å². The Labute approximate surface area is 179 Å². The summed E-state index contributed by atoms with van der Waals surface area (Å²) in [4.78, 5) is 17.2. The van der Waals surface area contributed by atoms with Gasteiger partial charge in [0.2, 0.25) is 0 Å². The molecule has 0 unspecified atom stereocenters. The van der Waals surface area contributed by atoms with Crippen LogP contribution in [0.15, 0.2) is 60.8 Å². The topological polar surface area (TPSA) is 69.0 Å². The number of pyridine rings is 1. The molecular weight excluding hydrogens is 400 g/mol. The zero-order valence-electron chi connectivity index (χ0n) is 16.7. The number of para-hydroxylation sites is 2. The Hall–Kier alpha value is -3.38. The van der Waals surface area contributed by atoms with Gasteiger partial charge in [-0.1, -0.05) is 48.0 Å². The number of aryl methyl sites for hydroxylation is 1. The number of benzene rings is 2. The Kier molecular flexibility index (Phi) is 5.68. The lowest BCUT2D eigenvalue weighted by Gasteiger charge is -2.10. The molecule has 2 aromatic carbocycles. The fourth-order valence-corrected chi connectivity index (χ4v) is 3.79. The van der Waals surface area contributed by atoms with Crippen molar-refractivity contribution in [1.29, 1.82) is 0 Å². The van der Waals surface area contributed by atoms with E-state index in [1.54, 1.807) is 11.8 Å². The average molecular weight is 421 g/mol. The quantitative estimate of drug-likeness (QED) is 0.503. The summed E-state index contributed by atoms with van der Waals surface area (Å²) in [6.45, 7) is 2.31. The van der Waals surface area contributed by atoms with Crippen molar-refractivity contribution in [2.24, 2.45) is 0 Å². The van der Waals surface area contributed by atoms with Crippen LogP contribution < -0.4 is 10.1 Å². The van der Waals surface area contributed by atoms with Crippen LogP contribution in [0.4, 0.5) is 0 Å². The maximum atomic E-state index is 12.7. The van der Waals surface area contributed by atoms with Crippen LogP contribution in [-0.2, 0) is 6.42 Å². The van der Waals surface area contributed by atoms with Gasteiger partial charge in [0.05, 0.1) is 34.5 Å². The van der Waals surface area contributed by atoms with Gasteiger partial charge in [0.1, 0.15) is 5.75 Å². The van der Waals surface area contributed by atoms with Crippen molar-refractivity contribution in [2.75, 3.05) is 13.7 Å². The summed E-state index contributed by atoms with van der Waals surface area (Å²) in [6.07, 6.45) is 2.15. The number of aromatic nitrogens is 3. The first kappa shape index (κ1) is 19.9. The molecule has 4 aromatic rings. The lowest BCUT2D eigenvalue weighted by molar-refractivity contribution is 0.0954. The van der Waals surface area contributed by atoms with E-state index in [4.69, 9.17) is 16.3 Å². The average Bonchev–Trinajstić information content (AvgIpc) is 3.12. The third-order valence-electron chi connectivity index (χ3n) is 4.93. The molecule has 1 N–H and O–H groups in total. The van der Waals surface area contributed by atoms with E-state index in [1.807, 2.05) is 61.5 Å². The van der Waals surface area contributed by atoms with Crippen LogP contribution in [0.5, 0.6) is 5.75 Å². The van der Waals surface area contributed by atoms with Crippen molar-refractivity contribution in [3.8, 4) is 11.4 Å². The summed E-state index contributed by atoms with van der Waals surface area (Å²) in [5, 5.41) is 8.52. The number of ether oxygens (including phenoxy) is 1. The lowest BCUT2D eigenvalue weighted by atomic mass is 10.1. The molecule has 1 amide bonds. The van der Waals surface area contributed by atoms with Gasteiger partial charge in [-0.2, -0.15) is 5.10 Å². The van der Waals surface area contributed by atoms with Crippen LogP contribution in [0, 0.1) is 6.92 Å². The number of carbonyl (C=O) groups is 1. The highest BCUT2D eigenvalue weighted by Gasteiger charge is 2.19. The number of hydrogen-bond donors (Lipinski definition) is 1. The number of nitrogens with one attached hydrogen (secondary N) is 1. The summed E-state index contributed by atoms with van der Waals surface area (Å²) >= 11 is 6.61. The molecule has 0 radical (unpaired) electrons. The van der Waals surface area contributed by atoms with Gasteiger partial charge in [-0.25, -0.2) is 9.67 Å². The molecule has 152 valence electrons. The largest absolute Gasteiger partial charge is 0.496 e. The Morgan fingerprint density at radius 2 is 1.87 bits per heavy atom. The molecule has 6 nitrogen and oxygen atoms in total. The number of hydrogen-bond acceptors (Lipinski definition) is 4. The van der Waals surface area contributed by atoms with Gasteiger partial charge in [-0.15, -0.1) is 0 Å². The SMILES string of the molecule is COc1ccccc1CCNC(=O)c1cnc2c(c(C)nn2-c2ccccc2)c1Cl. The fraction of sp³-hybridized carbons (Fsp3) is 0.174. The molecule has 0 saturated carbocycles. The van der Waals surface area contributed by atoms with Crippen LogP contribution >= 0.6 is 11.6 Å². The smallest absolute Gasteiger partial charge is 0.254 e. The third kappa shape index (κ3) is 3.74. The number of fused-ring (bicyclic) bond motifs is 1. The van der Waals surface area contributed by atoms with Gasteiger partial charge in [0.15, 0.2) is 5.65 Å². The first-order valence-electron chi connectivity index (χ1n) is 9.59. The Morgan fingerprint density at radius 3 is 2.63 bits per heavy atom. The minimum Gasteiger partial charge on any atom is -0.496 e. The molecule has 0 saturated heterocycles. The predicted octanol–water partition coefficient (Wildman–Crippen LogP) is 4.36. The molecule has 2 aromatic heterocycles. The van der Waals surface area contributed by atoms with Crippen molar-refractivity contribution in [3.05, 3.63) is 82.6 Å². The van der Waals surface area contributed by atoms with Crippen molar-refractivity contribution in [3.63, 3.8) is 0 Å². The predicted molar refractivity (Wildman–Crippen MR) is 118 cm³/mol. The molecule has 0 fully saturated rings. The zero-order chi connectivity index (χ0) is 21.1. The van der Waals surface area contributed by atoms with Crippen molar-refractivity contribution >= 4 is 28.5 Å². The van der Waals surface area contributed by atoms with Crippen molar-refractivity contribution < 1.29 is 9.53 Å². The van der Waals surface area contributed by atoms with E-state index in [0.29, 0.717) is 34.6 Å².